The molecule has 3 nitrogen and oxygen atoms in total. The first-order valence-corrected chi connectivity index (χ1v) is 7.74. The van der Waals surface area contributed by atoms with E-state index in [4.69, 9.17) is 9.31 Å². The predicted octanol–water partition coefficient (Wildman–Crippen LogP) is 4.32. The zero-order valence-corrected chi connectivity index (χ0v) is 14.1. The molecule has 0 aromatic heterocycles. The molecule has 0 saturated carbocycles. The van der Waals surface area contributed by atoms with Crippen molar-refractivity contribution in [3.63, 3.8) is 0 Å². The molecule has 1 saturated heterocycles. The Hall–Kier alpha value is -1.57. The Kier molecular flexibility index (Phi) is 4.79. The number of nitrogens with zero attached hydrogens (tertiary/aromatic N) is 1. The molecular weight excluding hydrogens is 273 g/mol. The summed E-state index contributed by atoms with van der Waals surface area (Å²) >= 11 is 0. The summed E-state index contributed by atoms with van der Waals surface area (Å²) in [7, 11) is -0.339. The molecule has 22 heavy (non-hydrogen) atoms. The second-order valence-corrected chi connectivity index (χ2v) is 6.90. The molecule has 1 heterocycles. The lowest BCUT2D eigenvalue weighted by molar-refractivity contribution is 0.00578. The van der Waals surface area contributed by atoms with Gasteiger partial charge in [0.1, 0.15) is 0 Å². The van der Waals surface area contributed by atoms with E-state index >= 15 is 0 Å². The number of hydrogen-bond acceptors (Lipinski definition) is 3. The van der Waals surface area contributed by atoms with Crippen LogP contribution >= 0.6 is 0 Å². The van der Waals surface area contributed by atoms with Crippen molar-refractivity contribution in [1.29, 1.82) is 5.26 Å². The summed E-state index contributed by atoms with van der Waals surface area (Å²) in [5, 5.41) is 9.49. The van der Waals surface area contributed by atoms with Gasteiger partial charge in [0.2, 0.25) is 0 Å². The molecule has 0 bridgehead atoms. The summed E-state index contributed by atoms with van der Waals surface area (Å²) in [5.41, 5.74) is 1.43. The van der Waals surface area contributed by atoms with Gasteiger partial charge in [0.05, 0.1) is 23.2 Å². The Morgan fingerprint density at radius 3 is 2.23 bits per heavy atom. The third-order valence-electron chi connectivity index (χ3n) is 4.63. The molecule has 2 rings (SSSR count). The summed E-state index contributed by atoms with van der Waals surface area (Å²) in [6, 6.07) is 12.4. The SMILES string of the molecule is C/C(=C\c1ccccc1)[C@@H](C#N)CB1OC(C)(C)C(C)(C)O1. The maximum absolute atomic E-state index is 9.49. The molecule has 1 fully saturated rings. The fourth-order valence-electron chi connectivity index (χ4n) is 2.51. The highest BCUT2D eigenvalue weighted by atomic mass is 16.7. The van der Waals surface area contributed by atoms with Crippen LogP contribution in [0.5, 0.6) is 0 Å². The van der Waals surface area contributed by atoms with Crippen molar-refractivity contribution < 1.29 is 9.31 Å². The van der Waals surface area contributed by atoms with E-state index in [1.54, 1.807) is 0 Å². The topological polar surface area (TPSA) is 42.2 Å². The molecule has 1 aromatic rings. The van der Waals surface area contributed by atoms with E-state index in [1.165, 1.54) is 0 Å². The second-order valence-electron chi connectivity index (χ2n) is 6.90. The Morgan fingerprint density at radius 2 is 1.73 bits per heavy atom. The molecule has 0 N–H and O–H groups in total. The summed E-state index contributed by atoms with van der Waals surface area (Å²) < 4.78 is 12.0. The molecule has 0 amide bonds. The van der Waals surface area contributed by atoms with Crippen molar-refractivity contribution in [2.75, 3.05) is 0 Å². The summed E-state index contributed by atoms with van der Waals surface area (Å²) in [5.74, 6) is -0.213. The highest BCUT2D eigenvalue weighted by molar-refractivity contribution is 6.45. The normalized spacial score (nSPS) is 21.5. The Balaban J connectivity index is 2.08. The molecule has 1 aromatic carbocycles. The first-order chi connectivity index (χ1) is 10.2. The van der Waals surface area contributed by atoms with Gasteiger partial charge in [0.15, 0.2) is 0 Å². The minimum absolute atomic E-state index is 0.213. The predicted molar refractivity (Wildman–Crippen MR) is 90.1 cm³/mol. The standard InChI is InChI=1S/C18H24BNO2/c1-14(11-15-9-7-6-8-10-15)16(13-20)12-19-21-17(2,3)18(4,5)22-19/h6-11,16H,12H2,1-5H3/b14-11+/t16-/m1/s1. The van der Waals surface area contributed by atoms with Crippen LogP contribution in [0.15, 0.2) is 35.9 Å². The zero-order chi connectivity index (χ0) is 16.4. The van der Waals surface area contributed by atoms with Gasteiger partial charge >= 0.3 is 7.12 Å². The molecular formula is C18H24BNO2. The fourth-order valence-corrected chi connectivity index (χ4v) is 2.51. The average Bonchev–Trinajstić information content (AvgIpc) is 2.65. The largest absolute Gasteiger partial charge is 0.459 e. The highest BCUT2D eigenvalue weighted by Crippen LogP contribution is 2.39. The van der Waals surface area contributed by atoms with Crippen LogP contribution in [0, 0.1) is 17.2 Å². The van der Waals surface area contributed by atoms with Crippen molar-refractivity contribution in [1.82, 2.24) is 0 Å². The van der Waals surface area contributed by atoms with Gasteiger partial charge in [-0.2, -0.15) is 5.26 Å². The van der Waals surface area contributed by atoms with E-state index in [0.717, 1.165) is 11.1 Å². The number of rotatable bonds is 4. The molecule has 4 heteroatoms. The smallest absolute Gasteiger partial charge is 0.403 e. The highest BCUT2D eigenvalue weighted by Gasteiger charge is 2.51. The molecule has 1 aliphatic heterocycles. The fraction of sp³-hybridized carbons (Fsp3) is 0.500. The number of hydrogen-bond donors (Lipinski definition) is 0. The number of benzene rings is 1. The van der Waals surface area contributed by atoms with Crippen molar-refractivity contribution in [3.8, 4) is 6.07 Å². The third-order valence-corrected chi connectivity index (χ3v) is 4.63. The minimum Gasteiger partial charge on any atom is -0.403 e. The Bertz CT molecular complexity index is 571. The molecule has 1 aliphatic rings. The van der Waals surface area contributed by atoms with Gasteiger partial charge in [-0.1, -0.05) is 42.0 Å². The van der Waals surface area contributed by atoms with Crippen molar-refractivity contribution in [2.24, 2.45) is 5.92 Å². The van der Waals surface area contributed by atoms with Gasteiger partial charge < -0.3 is 9.31 Å². The molecule has 0 spiro atoms. The van der Waals surface area contributed by atoms with E-state index in [9.17, 15) is 5.26 Å². The molecule has 1 atom stereocenters. The van der Waals surface area contributed by atoms with Gasteiger partial charge in [-0.3, -0.25) is 0 Å². The van der Waals surface area contributed by atoms with Gasteiger partial charge in [-0.15, -0.1) is 0 Å². The van der Waals surface area contributed by atoms with E-state index in [-0.39, 0.29) is 24.2 Å². The van der Waals surface area contributed by atoms with Crippen LogP contribution in [0.2, 0.25) is 6.32 Å². The van der Waals surface area contributed by atoms with E-state index < -0.39 is 0 Å². The monoisotopic (exact) mass is 297 g/mol. The lowest BCUT2D eigenvalue weighted by Gasteiger charge is -2.32. The minimum atomic E-state index is -0.352. The number of allylic oxidation sites excluding steroid dienone is 1. The molecule has 0 unspecified atom stereocenters. The van der Waals surface area contributed by atoms with Gasteiger partial charge in [-0.25, -0.2) is 0 Å². The summed E-state index contributed by atoms with van der Waals surface area (Å²) in [6.07, 6.45) is 2.61. The van der Waals surface area contributed by atoms with E-state index in [1.807, 2.05) is 65.0 Å². The summed E-state index contributed by atoms with van der Waals surface area (Å²) in [4.78, 5) is 0. The second kappa shape index (κ2) is 6.28. The molecule has 116 valence electrons. The van der Waals surface area contributed by atoms with E-state index in [2.05, 4.69) is 12.1 Å². The third kappa shape index (κ3) is 3.60. The molecule has 0 aliphatic carbocycles. The zero-order valence-electron chi connectivity index (χ0n) is 14.1. The summed E-state index contributed by atoms with van der Waals surface area (Å²) in [6.45, 7) is 10.1. The van der Waals surface area contributed by atoms with Crippen LogP contribution in [0.1, 0.15) is 40.2 Å². The first kappa shape index (κ1) is 16.8. The lowest BCUT2D eigenvalue weighted by atomic mass is 9.75. The van der Waals surface area contributed by atoms with E-state index in [0.29, 0.717) is 6.32 Å². The van der Waals surface area contributed by atoms with Gasteiger partial charge in [0.25, 0.3) is 0 Å². The van der Waals surface area contributed by atoms with Gasteiger partial charge in [-0.05, 0) is 40.2 Å². The van der Waals surface area contributed by atoms with Crippen molar-refractivity contribution in [2.45, 2.75) is 52.1 Å². The average molecular weight is 297 g/mol. The van der Waals surface area contributed by atoms with Crippen LogP contribution in [-0.4, -0.2) is 18.3 Å². The quantitative estimate of drug-likeness (QED) is 0.777. The van der Waals surface area contributed by atoms with Crippen LogP contribution in [0.3, 0.4) is 0 Å². The molecule has 0 radical (unpaired) electrons. The van der Waals surface area contributed by atoms with Crippen LogP contribution < -0.4 is 0 Å². The Morgan fingerprint density at radius 1 is 1.18 bits per heavy atom. The van der Waals surface area contributed by atoms with Gasteiger partial charge in [0, 0.05) is 6.32 Å². The maximum atomic E-state index is 9.49. The van der Waals surface area contributed by atoms with Crippen LogP contribution in [0.25, 0.3) is 6.08 Å². The maximum Gasteiger partial charge on any atom is 0.459 e. The van der Waals surface area contributed by atoms with Crippen LogP contribution in [0.4, 0.5) is 0 Å². The number of nitriles is 1. The Labute approximate surface area is 134 Å². The van der Waals surface area contributed by atoms with Crippen molar-refractivity contribution >= 4 is 13.2 Å². The van der Waals surface area contributed by atoms with Crippen LogP contribution in [-0.2, 0) is 9.31 Å². The lowest BCUT2D eigenvalue weighted by Crippen LogP contribution is -2.41. The first-order valence-electron chi connectivity index (χ1n) is 7.74. The van der Waals surface area contributed by atoms with Crippen molar-refractivity contribution in [3.05, 3.63) is 41.5 Å².